The minimum atomic E-state index is 1.09. The zero-order valence-electron chi connectivity index (χ0n) is 12.9. The number of aryl methyl sites for hydroxylation is 1. The zero-order chi connectivity index (χ0) is 14.5. The van der Waals surface area contributed by atoms with E-state index in [2.05, 4.69) is 48.6 Å². The summed E-state index contributed by atoms with van der Waals surface area (Å²) in [6.07, 6.45) is 1.09. The first kappa shape index (κ1) is 17.2. The highest BCUT2D eigenvalue weighted by Gasteiger charge is 1.93. The molecule has 0 aliphatic carbocycles. The van der Waals surface area contributed by atoms with E-state index in [1.54, 1.807) is 0 Å². The first-order chi connectivity index (χ1) is 9.38. The SMILES string of the molecule is CC.CC.CCc1ccc(Nc2ccccc2)cc1. The average Bonchev–Trinajstić information content (AvgIpc) is 2.53. The van der Waals surface area contributed by atoms with Crippen molar-refractivity contribution in [1.82, 2.24) is 0 Å². The molecule has 2 aromatic rings. The molecule has 0 atom stereocenters. The van der Waals surface area contributed by atoms with Crippen molar-refractivity contribution in [3.63, 3.8) is 0 Å². The van der Waals surface area contributed by atoms with Crippen LogP contribution in [0.15, 0.2) is 54.6 Å². The van der Waals surface area contributed by atoms with Gasteiger partial charge in [-0.15, -0.1) is 0 Å². The van der Waals surface area contributed by atoms with Crippen molar-refractivity contribution in [2.75, 3.05) is 5.32 Å². The van der Waals surface area contributed by atoms with Gasteiger partial charge in [0.15, 0.2) is 0 Å². The Morgan fingerprint density at radius 1 is 0.684 bits per heavy atom. The molecule has 0 spiro atoms. The lowest BCUT2D eigenvalue weighted by molar-refractivity contribution is 1.14. The molecule has 0 bridgehead atoms. The lowest BCUT2D eigenvalue weighted by Crippen LogP contribution is -1.89. The maximum absolute atomic E-state index is 3.36. The van der Waals surface area contributed by atoms with Crippen LogP contribution in [0.25, 0.3) is 0 Å². The van der Waals surface area contributed by atoms with Gasteiger partial charge in [0.1, 0.15) is 0 Å². The molecule has 0 saturated carbocycles. The van der Waals surface area contributed by atoms with Crippen LogP contribution in [0.5, 0.6) is 0 Å². The largest absolute Gasteiger partial charge is 0.356 e. The highest BCUT2D eigenvalue weighted by Crippen LogP contribution is 2.16. The van der Waals surface area contributed by atoms with Gasteiger partial charge in [0.25, 0.3) is 0 Å². The molecule has 19 heavy (non-hydrogen) atoms. The summed E-state index contributed by atoms with van der Waals surface area (Å²) in [5.74, 6) is 0. The summed E-state index contributed by atoms with van der Waals surface area (Å²) >= 11 is 0. The molecule has 0 fully saturated rings. The fourth-order valence-electron chi connectivity index (χ4n) is 1.51. The summed E-state index contributed by atoms with van der Waals surface area (Å²) in [6.45, 7) is 10.2. The predicted octanol–water partition coefficient (Wildman–Crippen LogP) is 6.05. The van der Waals surface area contributed by atoms with E-state index in [-0.39, 0.29) is 0 Å². The molecule has 2 aromatic carbocycles. The molecule has 2 rings (SSSR count). The molecule has 0 heterocycles. The van der Waals surface area contributed by atoms with Crippen molar-refractivity contribution < 1.29 is 0 Å². The van der Waals surface area contributed by atoms with E-state index in [0.29, 0.717) is 0 Å². The molecule has 0 amide bonds. The van der Waals surface area contributed by atoms with Crippen molar-refractivity contribution >= 4 is 11.4 Å². The third-order valence-corrected chi connectivity index (χ3v) is 2.42. The fourth-order valence-corrected chi connectivity index (χ4v) is 1.51. The van der Waals surface area contributed by atoms with Crippen molar-refractivity contribution in [3.8, 4) is 0 Å². The molecule has 0 radical (unpaired) electrons. The lowest BCUT2D eigenvalue weighted by atomic mass is 10.1. The second kappa shape index (κ2) is 11.3. The summed E-state index contributed by atoms with van der Waals surface area (Å²) in [7, 11) is 0. The van der Waals surface area contributed by atoms with Crippen LogP contribution in [-0.2, 0) is 6.42 Å². The molecular weight excluding hydrogens is 230 g/mol. The van der Waals surface area contributed by atoms with Gasteiger partial charge in [-0.3, -0.25) is 0 Å². The Hall–Kier alpha value is -1.76. The normalized spacial score (nSPS) is 8.47. The second-order valence-corrected chi connectivity index (χ2v) is 3.54. The standard InChI is InChI=1S/C14H15N.2C2H6/c1-2-12-8-10-14(11-9-12)15-13-6-4-3-5-7-13;2*1-2/h3-11,15H,2H2,1H3;2*1-2H3. The first-order valence-corrected chi connectivity index (χ1v) is 7.29. The summed E-state index contributed by atoms with van der Waals surface area (Å²) in [5.41, 5.74) is 3.63. The molecule has 0 aliphatic rings. The minimum absolute atomic E-state index is 1.09. The van der Waals surface area contributed by atoms with E-state index in [1.165, 1.54) is 5.56 Å². The first-order valence-electron chi connectivity index (χ1n) is 7.29. The summed E-state index contributed by atoms with van der Waals surface area (Å²) < 4.78 is 0. The van der Waals surface area contributed by atoms with Gasteiger partial charge in [-0.2, -0.15) is 0 Å². The van der Waals surface area contributed by atoms with Crippen LogP contribution in [0, 0.1) is 0 Å². The van der Waals surface area contributed by atoms with E-state index < -0.39 is 0 Å². The van der Waals surface area contributed by atoms with Gasteiger partial charge >= 0.3 is 0 Å². The van der Waals surface area contributed by atoms with Crippen LogP contribution < -0.4 is 5.32 Å². The molecule has 0 aliphatic heterocycles. The molecule has 0 aromatic heterocycles. The second-order valence-electron chi connectivity index (χ2n) is 3.54. The van der Waals surface area contributed by atoms with E-state index in [1.807, 2.05) is 45.9 Å². The van der Waals surface area contributed by atoms with E-state index in [0.717, 1.165) is 17.8 Å². The number of hydrogen-bond acceptors (Lipinski definition) is 1. The van der Waals surface area contributed by atoms with Crippen molar-refractivity contribution in [1.29, 1.82) is 0 Å². The number of benzene rings is 2. The number of anilines is 2. The number of hydrogen-bond donors (Lipinski definition) is 1. The molecule has 1 nitrogen and oxygen atoms in total. The van der Waals surface area contributed by atoms with Gasteiger partial charge in [0.2, 0.25) is 0 Å². The topological polar surface area (TPSA) is 12.0 Å². The highest BCUT2D eigenvalue weighted by atomic mass is 14.9. The Labute approximate surface area is 118 Å². The van der Waals surface area contributed by atoms with Gasteiger partial charge in [-0.25, -0.2) is 0 Å². The van der Waals surface area contributed by atoms with Gasteiger partial charge in [-0.1, -0.05) is 65.0 Å². The molecule has 0 unspecified atom stereocenters. The smallest absolute Gasteiger partial charge is 0.0384 e. The fraction of sp³-hybridized carbons (Fsp3) is 0.333. The van der Waals surface area contributed by atoms with Crippen LogP contribution in [0.2, 0.25) is 0 Å². The van der Waals surface area contributed by atoms with Crippen LogP contribution >= 0.6 is 0 Å². The quantitative estimate of drug-likeness (QED) is 0.706. The third kappa shape index (κ3) is 6.66. The Morgan fingerprint density at radius 3 is 1.63 bits per heavy atom. The zero-order valence-corrected chi connectivity index (χ0v) is 12.9. The Balaban J connectivity index is 0.000000741. The van der Waals surface area contributed by atoms with Crippen LogP contribution in [0.3, 0.4) is 0 Å². The maximum Gasteiger partial charge on any atom is 0.0384 e. The van der Waals surface area contributed by atoms with Crippen LogP contribution in [0.4, 0.5) is 11.4 Å². The van der Waals surface area contributed by atoms with E-state index in [4.69, 9.17) is 0 Å². The Bertz CT molecular complexity index is 403. The maximum atomic E-state index is 3.36. The number of para-hydroxylation sites is 1. The summed E-state index contributed by atoms with van der Waals surface area (Å²) in [6, 6.07) is 18.8. The highest BCUT2D eigenvalue weighted by molar-refractivity contribution is 5.59. The molecule has 1 heteroatoms. The third-order valence-electron chi connectivity index (χ3n) is 2.42. The molecule has 104 valence electrons. The van der Waals surface area contributed by atoms with Crippen molar-refractivity contribution in [3.05, 3.63) is 60.2 Å². The molecule has 0 saturated heterocycles. The van der Waals surface area contributed by atoms with Gasteiger partial charge in [0, 0.05) is 11.4 Å². The summed E-state index contributed by atoms with van der Waals surface area (Å²) in [5, 5.41) is 3.36. The van der Waals surface area contributed by atoms with Gasteiger partial charge in [0.05, 0.1) is 0 Å². The van der Waals surface area contributed by atoms with E-state index >= 15 is 0 Å². The van der Waals surface area contributed by atoms with E-state index in [9.17, 15) is 0 Å². The van der Waals surface area contributed by atoms with Crippen LogP contribution in [-0.4, -0.2) is 0 Å². The molecular formula is C18H27N. The molecule has 1 N–H and O–H groups in total. The van der Waals surface area contributed by atoms with Crippen LogP contribution in [0.1, 0.15) is 40.2 Å². The number of nitrogens with one attached hydrogen (secondary N) is 1. The minimum Gasteiger partial charge on any atom is -0.356 e. The predicted molar refractivity (Wildman–Crippen MR) is 88.2 cm³/mol. The number of rotatable bonds is 3. The summed E-state index contributed by atoms with van der Waals surface area (Å²) in [4.78, 5) is 0. The Morgan fingerprint density at radius 2 is 1.16 bits per heavy atom. The van der Waals surface area contributed by atoms with Gasteiger partial charge in [-0.05, 0) is 36.2 Å². The van der Waals surface area contributed by atoms with Gasteiger partial charge < -0.3 is 5.32 Å². The van der Waals surface area contributed by atoms with Crippen molar-refractivity contribution in [2.45, 2.75) is 41.0 Å². The van der Waals surface area contributed by atoms with Crippen molar-refractivity contribution in [2.24, 2.45) is 0 Å². The lowest BCUT2D eigenvalue weighted by Gasteiger charge is -2.06. The Kier molecular flexibility index (Phi) is 10.3. The average molecular weight is 257 g/mol. The monoisotopic (exact) mass is 257 g/mol.